The Bertz CT molecular complexity index is 520. The van der Waals surface area contributed by atoms with E-state index in [1.807, 2.05) is 12.1 Å². The lowest BCUT2D eigenvalue weighted by Crippen LogP contribution is -2.10. The Morgan fingerprint density at radius 3 is 2.65 bits per heavy atom. The van der Waals surface area contributed by atoms with Gasteiger partial charge in [0.2, 0.25) is 0 Å². The zero-order valence-corrected chi connectivity index (χ0v) is 12.6. The number of aromatic nitrogens is 1. The van der Waals surface area contributed by atoms with E-state index < -0.39 is 0 Å². The van der Waals surface area contributed by atoms with E-state index in [-0.39, 0.29) is 0 Å². The molecule has 1 aromatic carbocycles. The average Bonchev–Trinajstić information content (AvgIpc) is 2.59. The van der Waals surface area contributed by atoms with Gasteiger partial charge in [0.1, 0.15) is 5.01 Å². The molecule has 0 radical (unpaired) electrons. The van der Waals surface area contributed by atoms with Gasteiger partial charge in [-0.2, -0.15) is 0 Å². The zero-order valence-electron chi connectivity index (χ0n) is 10.2. The van der Waals surface area contributed by atoms with Gasteiger partial charge in [0.15, 0.2) is 0 Å². The summed E-state index contributed by atoms with van der Waals surface area (Å²) in [5.74, 6) is 0. The normalized spacial score (nSPS) is 11.1. The van der Waals surface area contributed by atoms with Crippen LogP contribution in [0.25, 0.3) is 11.3 Å². The SMILES string of the molecule is Cc1sc(CN(C)C)nc1-c1ccccc1Br. The summed E-state index contributed by atoms with van der Waals surface area (Å²) in [6.45, 7) is 3.03. The molecule has 0 saturated heterocycles. The molecule has 0 unspecified atom stereocenters. The molecule has 0 saturated carbocycles. The first-order chi connectivity index (χ1) is 8.08. The Labute approximate surface area is 114 Å². The fourth-order valence-electron chi connectivity index (χ4n) is 1.69. The van der Waals surface area contributed by atoms with Gasteiger partial charge in [-0.1, -0.05) is 34.1 Å². The molecule has 0 amide bonds. The minimum atomic E-state index is 0.899. The maximum Gasteiger partial charge on any atom is 0.108 e. The van der Waals surface area contributed by atoms with E-state index in [1.165, 1.54) is 15.4 Å². The van der Waals surface area contributed by atoms with Gasteiger partial charge < -0.3 is 4.90 Å². The lowest BCUT2D eigenvalue weighted by molar-refractivity contribution is 0.402. The van der Waals surface area contributed by atoms with Crippen molar-refractivity contribution in [1.82, 2.24) is 9.88 Å². The molecular weight excluding hydrogens is 296 g/mol. The van der Waals surface area contributed by atoms with Gasteiger partial charge in [-0.3, -0.25) is 0 Å². The minimum Gasteiger partial charge on any atom is -0.303 e. The highest BCUT2D eigenvalue weighted by Crippen LogP contribution is 2.32. The molecule has 1 aromatic heterocycles. The third kappa shape index (κ3) is 2.94. The second kappa shape index (κ2) is 5.29. The topological polar surface area (TPSA) is 16.1 Å². The number of nitrogens with zero attached hydrogens (tertiary/aromatic N) is 2. The molecule has 0 spiro atoms. The largest absolute Gasteiger partial charge is 0.303 e. The molecule has 0 fully saturated rings. The first kappa shape index (κ1) is 12.7. The molecule has 0 N–H and O–H groups in total. The summed E-state index contributed by atoms with van der Waals surface area (Å²) >= 11 is 5.35. The molecule has 2 nitrogen and oxygen atoms in total. The summed E-state index contributed by atoms with van der Waals surface area (Å²) in [5.41, 5.74) is 2.27. The van der Waals surface area contributed by atoms with Gasteiger partial charge in [0.05, 0.1) is 5.69 Å². The first-order valence-electron chi connectivity index (χ1n) is 5.44. The van der Waals surface area contributed by atoms with E-state index in [0.717, 1.165) is 16.7 Å². The van der Waals surface area contributed by atoms with E-state index in [2.05, 4.69) is 54.0 Å². The molecule has 0 aliphatic carbocycles. The summed E-state index contributed by atoms with van der Waals surface area (Å²) < 4.78 is 1.10. The van der Waals surface area contributed by atoms with Crippen molar-refractivity contribution < 1.29 is 0 Å². The van der Waals surface area contributed by atoms with Crippen LogP contribution in [0.4, 0.5) is 0 Å². The Kier molecular flexibility index (Phi) is 3.97. The Hall–Kier alpha value is -0.710. The number of hydrogen-bond donors (Lipinski definition) is 0. The van der Waals surface area contributed by atoms with Gasteiger partial charge >= 0.3 is 0 Å². The van der Waals surface area contributed by atoms with Crippen molar-refractivity contribution >= 4 is 27.3 Å². The van der Waals surface area contributed by atoms with Crippen LogP contribution in [0.5, 0.6) is 0 Å². The summed E-state index contributed by atoms with van der Waals surface area (Å²) in [4.78, 5) is 8.14. The highest BCUT2D eigenvalue weighted by molar-refractivity contribution is 9.10. The molecule has 4 heteroatoms. The molecule has 2 rings (SSSR count). The van der Waals surface area contributed by atoms with Crippen LogP contribution in [0.15, 0.2) is 28.7 Å². The lowest BCUT2D eigenvalue weighted by Gasteiger charge is -2.05. The fourth-order valence-corrected chi connectivity index (χ4v) is 3.23. The predicted octanol–water partition coefficient (Wildman–Crippen LogP) is 3.94. The molecule has 1 heterocycles. The lowest BCUT2D eigenvalue weighted by atomic mass is 10.1. The van der Waals surface area contributed by atoms with Crippen LogP contribution in [-0.2, 0) is 6.54 Å². The molecule has 0 aliphatic heterocycles. The van der Waals surface area contributed by atoms with Crippen molar-refractivity contribution in [2.45, 2.75) is 13.5 Å². The van der Waals surface area contributed by atoms with Crippen LogP contribution in [0.1, 0.15) is 9.88 Å². The van der Waals surface area contributed by atoms with Gasteiger partial charge in [0.25, 0.3) is 0 Å². The Morgan fingerprint density at radius 2 is 2.00 bits per heavy atom. The van der Waals surface area contributed by atoms with Crippen molar-refractivity contribution in [3.63, 3.8) is 0 Å². The number of aryl methyl sites for hydroxylation is 1. The van der Waals surface area contributed by atoms with Gasteiger partial charge in [0, 0.05) is 21.5 Å². The summed E-state index contributed by atoms with van der Waals surface area (Å²) in [6, 6.07) is 8.23. The van der Waals surface area contributed by atoms with Crippen molar-refractivity contribution in [3.05, 3.63) is 38.6 Å². The predicted molar refractivity (Wildman–Crippen MR) is 77.4 cm³/mol. The second-order valence-corrected chi connectivity index (χ2v) is 6.37. The summed E-state index contributed by atoms with van der Waals surface area (Å²) in [7, 11) is 4.13. The van der Waals surface area contributed by atoms with Crippen molar-refractivity contribution in [2.75, 3.05) is 14.1 Å². The third-order valence-electron chi connectivity index (χ3n) is 2.42. The van der Waals surface area contributed by atoms with Crippen molar-refractivity contribution in [1.29, 1.82) is 0 Å². The maximum absolute atomic E-state index is 4.73. The highest BCUT2D eigenvalue weighted by atomic mass is 79.9. The van der Waals surface area contributed by atoms with Crippen LogP contribution >= 0.6 is 27.3 Å². The van der Waals surface area contributed by atoms with Crippen LogP contribution in [-0.4, -0.2) is 24.0 Å². The Morgan fingerprint density at radius 1 is 1.29 bits per heavy atom. The van der Waals surface area contributed by atoms with E-state index in [1.54, 1.807) is 11.3 Å². The van der Waals surface area contributed by atoms with E-state index in [9.17, 15) is 0 Å². The van der Waals surface area contributed by atoms with Crippen LogP contribution < -0.4 is 0 Å². The Balaban J connectivity index is 2.40. The molecule has 17 heavy (non-hydrogen) atoms. The number of thiazole rings is 1. The molecule has 0 aliphatic rings. The average molecular weight is 311 g/mol. The van der Waals surface area contributed by atoms with Gasteiger partial charge in [-0.15, -0.1) is 11.3 Å². The molecule has 90 valence electrons. The quantitative estimate of drug-likeness (QED) is 0.853. The smallest absolute Gasteiger partial charge is 0.108 e. The molecular formula is C13H15BrN2S. The second-order valence-electron chi connectivity index (χ2n) is 4.23. The summed E-state index contributed by atoms with van der Waals surface area (Å²) in [5, 5.41) is 1.17. The molecule has 0 bridgehead atoms. The monoisotopic (exact) mass is 310 g/mol. The molecule has 0 atom stereocenters. The van der Waals surface area contributed by atoms with Gasteiger partial charge in [-0.25, -0.2) is 4.98 Å². The van der Waals surface area contributed by atoms with Crippen molar-refractivity contribution in [3.8, 4) is 11.3 Å². The first-order valence-corrected chi connectivity index (χ1v) is 7.05. The van der Waals surface area contributed by atoms with E-state index >= 15 is 0 Å². The van der Waals surface area contributed by atoms with Crippen molar-refractivity contribution in [2.24, 2.45) is 0 Å². The van der Waals surface area contributed by atoms with Crippen LogP contribution in [0.3, 0.4) is 0 Å². The fraction of sp³-hybridized carbons (Fsp3) is 0.308. The van der Waals surface area contributed by atoms with E-state index in [4.69, 9.17) is 4.98 Å². The maximum atomic E-state index is 4.73. The summed E-state index contributed by atoms with van der Waals surface area (Å²) in [6.07, 6.45) is 0. The number of rotatable bonds is 3. The van der Waals surface area contributed by atoms with E-state index in [0.29, 0.717) is 0 Å². The van der Waals surface area contributed by atoms with Crippen LogP contribution in [0.2, 0.25) is 0 Å². The van der Waals surface area contributed by atoms with Gasteiger partial charge in [-0.05, 0) is 27.1 Å². The molecule has 2 aromatic rings. The number of benzene rings is 1. The third-order valence-corrected chi connectivity index (χ3v) is 4.07. The zero-order chi connectivity index (χ0) is 12.4. The van der Waals surface area contributed by atoms with Crippen LogP contribution in [0, 0.1) is 6.92 Å². The number of halogens is 1. The minimum absolute atomic E-state index is 0.899. The number of hydrogen-bond acceptors (Lipinski definition) is 3. The highest BCUT2D eigenvalue weighted by Gasteiger charge is 2.12. The standard InChI is InChI=1S/C13H15BrN2S/c1-9-13(10-6-4-5-7-11(10)14)15-12(17-9)8-16(2)3/h4-7H,8H2,1-3H3.